The molecule has 1 aliphatic rings. The van der Waals surface area contributed by atoms with Gasteiger partial charge in [0.1, 0.15) is 0 Å². The monoisotopic (exact) mass is 395 g/mol. The van der Waals surface area contributed by atoms with Crippen molar-refractivity contribution in [2.45, 2.75) is 51.5 Å². The van der Waals surface area contributed by atoms with E-state index < -0.39 is 0 Å². The van der Waals surface area contributed by atoms with Gasteiger partial charge in [-0.15, -0.1) is 11.3 Å². The van der Waals surface area contributed by atoms with E-state index in [2.05, 4.69) is 24.9 Å². The maximum atomic E-state index is 12.8. The molecule has 3 aromatic rings. The van der Waals surface area contributed by atoms with Gasteiger partial charge < -0.3 is 10.7 Å². The van der Waals surface area contributed by atoms with Crippen molar-refractivity contribution >= 4 is 28.0 Å². The summed E-state index contributed by atoms with van der Waals surface area (Å²) in [6, 6.07) is 10.4. The van der Waals surface area contributed by atoms with Gasteiger partial charge in [-0.1, -0.05) is 19.9 Å². The molecule has 0 unspecified atom stereocenters. The predicted molar refractivity (Wildman–Crippen MR) is 118 cm³/mol. The number of rotatable bonds is 6. The summed E-state index contributed by atoms with van der Waals surface area (Å²) in [6.45, 7) is 6.85. The third-order valence-electron chi connectivity index (χ3n) is 6.30. The lowest BCUT2D eigenvalue weighted by molar-refractivity contribution is 0.104. The van der Waals surface area contributed by atoms with E-state index in [9.17, 15) is 4.79 Å². The smallest absolute Gasteiger partial charge is 0.202 e. The molecule has 0 atom stereocenters. The highest BCUT2D eigenvalue weighted by molar-refractivity contribution is 7.12. The average molecular weight is 396 g/mol. The van der Waals surface area contributed by atoms with Crippen molar-refractivity contribution in [3.05, 3.63) is 57.9 Å². The fourth-order valence-corrected chi connectivity index (χ4v) is 5.36. The van der Waals surface area contributed by atoms with Gasteiger partial charge in [0.05, 0.1) is 10.4 Å². The molecule has 3 heterocycles. The van der Waals surface area contributed by atoms with Gasteiger partial charge in [-0.3, -0.25) is 9.47 Å². The van der Waals surface area contributed by atoms with Crippen LogP contribution < -0.4 is 5.84 Å². The van der Waals surface area contributed by atoms with Crippen molar-refractivity contribution in [1.82, 2.24) is 9.58 Å². The van der Waals surface area contributed by atoms with E-state index in [0.717, 1.165) is 47.3 Å². The quantitative estimate of drug-likeness (QED) is 0.471. The number of nitrogens with two attached hydrogens (primary N) is 1. The Morgan fingerprint density at radius 2 is 1.96 bits per heavy atom. The topological polar surface area (TPSA) is 51.3 Å². The summed E-state index contributed by atoms with van der Waals surface area (Å²) in [5.74, 6) is 6.84. The maximum absolute atomic E-state index is 12.8. The summed E-state index contributed by atoms with van der Waals surface area (Å²) in [6.07, 6.45) is 6.81. The minimum Gasteiger partial charge on any atom is -0.339 e. The Balaban J connectivity index is 1.61. The standard InChI is InChI=1S/C23H29N3OS/c1-3-18(4-2)25-11-9-16(10-12-25)20-15-26(24)21-8-7-17(14-19(20)21)23(27)22-6-5-13-28-22/h5-8,13-16,18H,3-4,9-12,24H2,1-2H3. The van der Waals surface area contributed by atoms with Crippen LogP contribution in [0.4, 0.5) is 0 Å². The molecule has 148 valence electrons. The zero-order chi connectivity index (χ0) is 19.7. The van der Waals surface area contributed by atoms with Crippen LogP contribution in [0.15, 0.2) is 41.9 Å². The summed E-state index contributed by atoms with van der Waals surface area (Å²) >= 11 is 1.49. The molecule has 0 amide bonds. The second-order valence-corrected chi connectivity index (χ2v) is 8.76. The number of carbonyl (C=O) groups is 1. The largest absolute Gasteiger partial charge is 0.339 e. The number of hydrogen-bond donors (Lipinski definition) is 1. The van der Waals surface area contributed by atoms with Crippen molar-refractivity contribution in [3.8, 4) is 0 Å². The molecule has 0 bridgehead atoms. The first-order valence-electron chi connectivity index (χ1n) is 10.3. The number of nitrogens with zero attached hydrogens (tertiary/aromatic N) is 2. The number of benzene rings is 1. The number of carbonyl (C=O) groups excluding carboxylic acids is 1. The van der Waals surface area contributed by atoms with Crippen molar-refractivity contribution in [3.63, 3.8) is 0 Å². The molecule has 28 heavy (non-hydrogen) atoms. The van der Waals surface area contributed by atoms with Crippen molar-refractivity contribution in [2.24, 2.45) is 0 Å². The fraction of sp³-hybridized carbons (Fsp3) is 0.435. The molecule has 0 saturated carbocycles. The highest BCUT2D eigenvalue weighted by Crippen LogP contribution is 2.35. The minimum atomic E-state index is 0.0937. The normalized spacial score (nSPS) is 16.2. The Morgan fingerprint density at radius 3 is 2.61 bits per heavy atom. The molecule has 1 aromatic carbocycles. The van der Waals surface area contributed by atoms with Crippen molar-refractivity contribution < 1.29 is 4.79 Å². The van der Waals surface area contributed by atoms with E-state index >= 15 is 0 Å². The number of thiophene rings is 1. The first-order valence-corrected chi connectivity index (χ1v) is 11.2. The van der Waals surface area contributed by atoms with E-state index in [4.69, 9.17) is 5.84 Å². The van der Waals surface area contributed by atoms with Crippen LogP contribution in [0.25, 0.3) is 10.9 Å². The lowest BCUT2D eigenvalue weighted by Crippen LogP contribution is -2.40. The minimum absolute atomic E-state index is 0.0937. The summed E-state index contributed by atoms with van der Waals surface area (Å²) in [7, 11) is 0. The number of aromatic nitrogens is 1. The Hall–Kier alpha value is -2.11. The molecule has 2 N–H and O–H groups in total. The molecule has 4 rings (SSSR count). The van der Waals surface area contributed by atoms with E-state index in [-0.39, 0.29) is 5.78 Å². The number of piperidine rings is 1. The predicted octanol–water partition coefficient (Wildman–Crippen LogP) is 5.02. The van der Waals surface area contributed by atoms with Crippen LogP contribution in [0, 0.1) is 0 Å². The lowest BCUT2D eigenvalue weighted by atomic mass is 9.88. The maximum Gasteiger partial charge on any atom is 0.202 e. The summed E-state index contributed by atoms with van der Waals surface area (Å²) in [5.41, 5.74) is 3.04. The van der Waals surface area contributed by atoms with Crippen LogP contribution in [0.1, 0.15) is 66.2 Å². The van der Waals surface area contributed by atoms with E-state index in [1.165, 1.54) is 29.7 Å². The highest BCUT2D eigenvalue weighted by atomic mass is 32.1. The lowest BCUT2D eigenvalue weighted by Gasteiger charge is -2.37. The molecular formula is C23H29N3OS. The van der Waals surface area contributed by atoms with Crippen LogP contribution in [0.5, 0.6) is 0 Å². The second kappa shape index (κ2) is 8.10. The van der Waals surface area contributed by atoms with Crippen molar-refractivity contribution in [2.75, 3.05) is 18.9 Å². The Bertz CT molecular complexity index is 948. The Kier molecular flexibility index (Phi) is 5.56. The molecular weight excluding hydrogens is 366 g/mol. The van der Waals surface area contributed by atoms with Gasteiger partial charge in [0.25, 0.3) is 0 Å². The van der Waals surface area contributed by atoms with Crippen LogP contribution in [0.2, 0.25) is 0 Å². The molecule has 5 heteroatoms. The molecule has 0 spiro atoms. The molecule has 0 radical (unpaired) electrons. The first kappa shape index (κ1) is 19.2. The van der Waals surface area contributed by atoms with Crippen LogP contribution in [-0.2, 0) is 0 Å². The Morgan fingerprint density at radius 1 is 1.21 bits per heavy atom. The molecule has 0 aliphatic carbocycles. The average Bonchev–Trinajstić information content (AvgIpc) is 3.37. The summed E-state index contributed by atoms with van der Waals surface area (Å²) in [5, 5.41) is 3.08. The number of likely N-dealkylation sites (tertiary alicyclic amines) is 1. The van der Waals surface area contributed by atoms with Gasteiger partial charge in [0.15, 0.2) is 0 Å². The van der Waals surface area contributed by atoms with Gasteiger partial charge in [0.2, 0.25) is 5.78 Å². The molecule has 1 aliphatic heterocycles. The van der Waals surface area contributed by atoms with E-state index in [0.29, 0.717) is 12.0 Å². The van der Waals surface area contributed by atoms with Gasteiger partial charge >= 0.3 is 0 Å². The summed E-state index contributed by atoms with van der Waals surface area (Å²) < 4.78 is 1.72. The molecule has 2 aromatic heterocycles. The molecule has 1 fully saturated rings. The van der Waals surface area contributed by atoms with Crippen LogP contribution in [-0.4, -0.2) is 34.5 Å². The van der Waals surface area contributed by atoms with E-state index in [1.807, 2.05) is 35.7 Å². The van der Waals surface area contributed by atoms with Gasteiger partial charge in [-0.2, -0.15) is 0 Å². The molecule has 1 saturated heterocycles. The van der Waals surface area contributed by atoms with E-state index in [1.54, 1.807) is 4.68 Å². The number of hydrogen-bond acceptors (Lipinski definition) is 4. The fourth-order valence-electron chi connectivity index (χ4n) is 4.68. The van der Waals surface area contributed by atoms with Gasteiger partial charge in [0, 0.05) is 23.2 Å². The van der Waals surface area contributed by atoms with Crippen LogP contribution >= 0.6 is 11.3 Å². The number of fused-ring (bicyclic) bond motifs is 1. The highest BCUT2D eigenvalue weighted by Gasteiger charge is 2.26. The van der Waals surface area contributed by atoms with Gasteiger partial charge in [-0.25, -0.2) is 0 Å². The Labute approximate surface area is 170 Å². The van der Waals surface area contributed by atoms with Gasteiger partial charge in [-0.05, 0) is 79.9 Å². The first-order chi connectivity index (χ1) is 13.6. The summed E-state index contributed by atoms with van der Waals surface area (Å²) in [4.78, 5) is 16.2. The molecule has 4 nitrogen and oxygen atoms in total. The number of ketones is 1. The van der Waals surface area contributed by atoms with Crippen LogP contribution in [0.3, 0.4) is 0 Å². The van der Waals surface area contributed by atoms with Crippen molar-refractivity contribution in [1.29, 1.82) is 0 Å². The second-order valence-electron chi connectivity index (χ2n) is 7.81. The third-order valence-corrected chi connectivity index (χ3v) is 7.17. The zero-order valence-electron chi connectivity index (χ0n) is 16.7. The third kappa shape index (κ3) is 3.49. The zero-order valence-corrected chi connectivity index (χ0v) is 17.5. The SMILES string of the molecule is CCC(CC)N1CCC(c2cn(N)c3ccc(C(=O)c4cccs4)cc23)CC1. The number of nitrogen functional groups attached to an aromatic ring is 1.